The molecule has 0 unspecified atom stereocenters. The van der Waals surface area contributed by atoms with Gasteiger partial charge in [0.2, 0.25) is 0 Å². The molecule has 0 spiro atoms. The molecule has 0 aliphatic carbocycles. The fourth-order valence-electron chi connectivity index (χ4n) is 5.53. The first-order valence-corrected chi connectivity index (χ1v) is 14.2. The van der Waals surface area contributed by atoms with Crippen molar-refractivity contribution in [2.75, 3.05) is 36.5 Å². The Kier molecular flexibility index (Phi) is 6.41. The van der Waals surface area contributed by atoms with Gasteiger partial charge in [0.1, 0.15) is 42.2 Å². The summed E-state index contributed by atoms with van der Waals surface area (Å²) in [6.45, 7) is 9.85. The van der Waals surface area contributed by atoms with Gasteiger partial charge in [-0.05, 0) is 69.7 Å². The van der Waals surface area contributed by atoms with E-state index in [4.69, 9.17) is 14.2 Å². The molecular weight excluding hydrogens is 548 g/mol. The summed E-state index contributed by atoms with van der Waals surface area (Å²) in [4.78, 5) is 30.1. The number of carbonyl (C=O) groups excluding carboxylic acids is 1. The topological polar surface area (TPSA) is 119 Å². The van der Waals surface area contributed by atoms with Crippen molar-refractivity contribution in [1.82, 2.24) is 29.5 Å². The van der Waals surface area contributed by atoms with Gasteiger partial charge in [-0.25, -0.2) is 24.3 Å². The van der Waals surface area contributed by atoms with Gasteiger partial charge < -0.3 is 29.3 Å². The van der Waals surface area contributed by atoms with E-state index < -0.39 is 5.60 Å². The lowest BCUT2D eigenvalue weighted by molar-refractivity contribution is 0.0195. The van der Waals surface area contributed by atoms with Crippen LogP contribution in [-0.4, -0.2) is 73.4 Å². The van der Waals surface area contributed by atoms with Gasteiger partial charge in [0, 0.05) is 37.6 Å². The van der Waals surface area contributed by atoms with Crippen molar-refractivity contribution >= 4 is 39.8 Å². The second-order valence-electron chi connectivity index (χ2n) is 11.7. The second-order valence-corrected chi connectivity index (χ2v) is 11.7. The molecule has 1 N–H and O–H groups in total. The highest BCUT2D eigenvalue weighted by Crippen LogP contribution is 2.43. The van der Waals surface area contributed by atoms with Gasteiger partial charge in [-0.1, -0.05) is 0 Å². The van der Waals surface area contributed by atoms with Crippen LogP contribution in [0.1, 0.15) is 26.3 Å². The Balaban J connectivity index is 1.12. The fraction of sp³-hybridized carbons (Fsp3) is 0.323. The van der Waals surface area contributed by atoms with Crippen molar-refractivity contribution in [3.05, 3.63) is 66.9 Å². The highest BCUT2D eigenvalue weighted by Gasteiger charge is 2.37. The minimum atomic E-state index is -0.536. The molecule has 12 nitrogen and oxygen atoms in total. The number of nitrogens with one attached hydrogen (secondary N) is 1. The van der Waals surface area contributed by atoms with Crippen molar-refractivity contribution in [3.8, 4) is 17.2 Å². The smallest absolute Gasteiger partial charge is 0.410 e. The Bertz CT molecular complexity index is 1850. The van der Waals surface area contributed by atoms with Crippen LogP contribution in [0.4, 0.5) is 22.0 Å². The molecule has 5 aromatic rings. The second kappa shape index (κ2) is 10.3. The van der Waals surface area contributed by atoms with Gasteiger partial charge >= 0.3 is 6.09 Å². The van der Waals surface area contributed by atoms with Gasteiger partial charge in [0.25, 0.3) is 0 Å². The molecule has 2 aliphatic heterocycles. The standard InChI is InChI=1S/C31H32N8O4/c1-19-13-20(5-8-25(19)42-22-9-10-39-26(14-22)33-18-35-39)36-29-27-23(32-17-34-29)6-7-24-28(27)41-16-21-15-37(11-12-38(21)24)30(40)43-31(2,3)4/h5-10,13-14,17-18,21H,11-12,15-16H2,1-4H3,(H,32,34,36)/t21-/m0/s1. The van der Waals surface area contributed by atoms with Crippen molar-refractivity contribution in [1.29, 1.82) is 0 Å². The lowest BCUT2D eigenvalue weighted by atomic mass is 10.1. The number of aromatic nitrogens is 5. The predicted molar refractivity (Wildman–Crippen MR) is 161 cm³/mol. The minimum absolute atomic E-state index is 0.0212. The number of pyridine rings is 1. The van der Waals surface area contributed by atoms with Crippen molar-refractivity contribution < 1.29 is 19.0 Å². The zero-order valence-corrected chi connectivity index (χ0v) is 24.4. The number of aryl methyl sites for hydroxylation is 1. The molecule has 43 heavy (non-hydrogen) atoms. The van der Waals surface area contributed by atoms with Gasteiger partial charge in [-0.15, -0.1) is 0 Å². The van der Waals surface area contributed by atoms with Crippen LogP contribution in [0.15, 0.2) is 61.3 Å². The number of hydrogen-bond acceptors (Lipinski definition) is 10. The normalized spacial score (nSPS) is 16.4. The third kappa shape index (κ3) is 5.20. The summed E-state index contributed by atoms with van der Waals surface area (Å²) in [7, 11) is 0. The van der Waals surface area contributed by atoms with Gasteiger partial charge in [0.15, 0.2) is 11.4 Å². The van der Waals surface area contributed by atoms with Crippen molar-refractivity contribution in [2.45, 2.75) is 39.3 Å². The number of piperazine rings is 1. The molecule has 12 heteroatoms. The number of anilines is 3. The molecular formula is C31H32N8O4. The molecule has 0 radical (unpaired) electrons. The minimum Gasteiger partial charge on any atom is -0.488 e. The highest BCUT2D eigenvalue weighted by atomic mass is 16.6. The van der Waals surface area contributed by atoms with Crippen LogP contribution < -0.4 is 19.7 Å². The molecule has 0 bridgehead atoms. The van der Waals surface area contributed by atoms with E-state index in [-0.39, 0.29) is 12.1 Å². The van der Waals surface area contributed by atoms with Crippen LogP contribution in [0, 0.1) is 6.92 Å². The quantitative estimate of drug-likeness (QED) is 0.299. The Hall–Kier alpha value is -5.13. The maximum absolute atomic E-state index is 12.7. The summed E-state index contributed by atoms with van der Waals surface area (Å²) in [5, 5.41) is 8.41. The summed E-state index contributed by atoms with van der Waals surface area (Å²) in [6.07, 6.45) is 4.58. The third-order valence-corrected chi connectivity index (χ3v) is 7.52. The maximum atomic E-state index is 12.7. The number of ether oxygens (including phenoxy) is 3. The average molecular weight is 581 g/mol. The lowest BCUT2D eigenvalue weighted by Crippen LogP contribution is -2.59. The largest absolute Gasteiger partial charge is 0.488 e. The number of carbonyl (C=O) groups is 1. The number of fused-ring (bicyclic) bond motifs is 6. The van der Waals surface area contributed by atoms with Crippen LogP contribution in [0.25, 0.3) is 16.6 Å². The molecule has 1 amide bonds. The van der Waals surface area contributed by atoms with E-state index in [0.717, 1.165) is 39.3 Å². The molecule has 220 valence electrons. The van der Waals surface area contributed by atoms with Crippen LogP contribution in [0.5, 0.6) is 17.2 Å². The van der Waals surface area contributed by atoms with Crippen LogP contribution >= 0.6 is 0 Å². The van der Waals surface area contributed by atoms with E-state index in [0.29, 0.717) is 43.5 Å². The zero-order valence-electron chi connectivity index (χ0n) is 24.4. The molecule has 1 fully saturated rings. The third-order valence-electron chi connectivity index (χ3n) is 7.52. The molecule has 2 aliphatic rings. The van der Waals surface area contributed by atoms with Crippen molar-refractivity contribution in [3.63, 3.8) is 0 Å². The Morgan fingerprint density at radius 2 is 1.93 bits per heavy atom. The molecule has 1 atom stereocenters. The number of benzene rings is 2. The molecule has 5 heterocycles. The highest BCUT2D eigenvalue weighted by molar-refractivity contribution is 6.00. The molecule has 7 rings (SSSR count). The zero-order chi connectivity index (χ0) is 29.7. The predicted octanol–water partition coefficient (Wildman–Crippen LogP) is 5.33. The average Bonchev–Trinajstić information content (AvgIpc) is 3.45. The van der Waals surface area contributed by atoms with E-state index in [1.165, 1.54) is 6.33 Å². The lowest BCUT2D eigenvalue weighted by Gasteiger charge is -2.45. The first kappa shape index (κ1) is 26.7. The van der Waals surface area contributed by atoms with Crippen LogP contribution in [0.3, 0.4) is 0 Å². The summed E-state index contributed by atoms with van der Waals surface area (Å²) < 4.78 is 19.8. The fourth-order valence-corrected chi connectivity index (χ4v) is 5.53. The number of hydrogen-bond donors (Lipinski definition) is 1. The van der Waals surface area contributed by atoms with E-state index in [1.807, 2.05) is 76.4 Å². The van der Waals surface area contributed by atoms with E-state index >= 15 is 0 Å². The van der Waals surface area contributed by atoms with Crippen LogP contribution in [-0.2, 0) is 4.74 Å². The molecule has 2 aromatic carbocycles. The Morgan fingerprint density at radius 1 is 1.05 bits per heavy atom. The van der Waals surface area contributed by atoms with E-state index in [9.17, 15) is 4.79 Å². The summed E-state index contributed by atoms with van der Waals surface area (Å²) in [6, 6.07) is 13.6. The molecule has 0 saturated carbocycles. The summed E-state index contributed by atoms with van der Waals surface area (Å²) in [5.41, 5.74) is 3.73. The summed E-state index contributed by atoms with van der Waals surface area (Å²) in [5.74, 6) is 2.81. The maximum Gasteiger partial charge on any atom is 0.410 e. The number of rotatable bonds is 4. The Morgan fingerprint density at radius 3 is 2.77 bits per heavy atom. The monoisotopic (exact) mass is 580 g/mol. The number of amides is 1. The van der Waals surface area contributed by atoms with Gasteiger partial charge in [0.05, 0.1) is 22.6 Å². The number of nitrogens with zero attached hydrogens (tertiary/aromatic N) is 7. The molecule has 1 saturated heterocycles. The van der Waals surface area contributed by atoms with E-state index in [1.54, 1.807) is 15.7 Å². The molecule has 3 aromatic heterocycles. The van der Waals surface area contributed by atoms with Crippen LogP contribution in [0.2, 0.25) is 0 Å². The van der Waals surface area contributed by atoms with Gasteiger partial charge in [-0.3, -0.25) is 0 Å². The van der Waals surface area contributed by atoms with E-state index in [2.05, 4.69) is 30.3 Å². The Labute approximate surface area is 248 Å². The SMILES string of the molecule is Cc1cc(Nc2ncnc3ccc4c(c23)OC[C@@H]2CN(C(=O)OC(C)(C)C)CCN42)ccc1Oc1ccn2ncnc2c1. The summed E-state index contributed by atoms with van der Waals surface area (Å²) >= 11 is 0. The first-order valence-electron chi connectivity index (χ1n) is 14.2. The first-order chi connectivity index (χ1) is 20.7. The van der Waals surface area contributed by atoms with Gasteiger partial charge in [-0.2, -0.15) is 5.10 Å². The van der Waals surface area contributed by atoms with Crippen molar-refractivity contribution in [2.24, 2.45) is 0 Å².